The van der Waals surface area contributed by atoms with Crippen LogP contribution in [0.5, 0.6) is 5.75 Å². The first-order valence-electron chi connectivity index (χ1n) is 10.1. The quantitative estimate of drug-likeness (QED) is 0.707. The third-order valence-electron chi connectivity index (χ3n) is 5.83. The van der Waals surface area contributed by atoms with Crippen LogP contribution < -0.4 is 9.64 Å². The van der Waals surface area contributed by atoms with Crippen LogP contribution in [0, 0.1) is 5.82 Å². The molecule has 2 aliphatic rings. The number of hydrogen-bond donors (Lipinski definition) is 0. The van der Waals surface area contributed by atoms with Crippen LogP contribution in [0.2, 0.25) is 0 Å². The maximum atomic E-state index is 13.3. The zero-order valence-corrected chi connectivity index (χ0v) is 16.7. The molecule has 2 aromatic carbocycles. The Balaban J connectivity index is 1.65. The van der Waals surface area contributed by atoms with Gasteiger partial charge < -0.3 is 9.64 Å². The fourth-order valence-corrected chi connectivity index (χ4v) is 4.32. The molecule has 0 radical (unpaired) electrons. The van der Waals surface area contributed by atoms with E-state index in [9.17, 15) is 18.8 Å². The van der Waals surface area contributed by atoms with Gasteiger partial charge in [-0.05, 0) is 61.4 Å². The fraction of sp³-hybridized carbons (Fsp3) is 0.348. The second kappa shape index (κ2) is 8.26. The summed E-state index contributed by atoms with van der Waals surface area (Å²) in [5.41, 5.74) is 0.764. The number of amides is 3. The number of methoxy groups -OCH3 is 1. The van der Waals surface area contributed by atoms with Gasteiger partial charge in [0, 0.05) is 11.6 Å². The minimum Gasteiger partial charge on any atom is -0.497 e. The molecular formula is C23H23FN2O4. The van der Waals surface area contributed by atoms with Gasteiger partial charge in [0.25, 0.3) is 11.8 Å². The summed E-state index contributed by atoms with van der Waals surface area (Å²) in [6.07, 6.45) is 3.44. The van der Waals surface area contributed by atoms with Gasteiger partial charge in [0.05, 0.1) is 19.2 Å². The van der Waals surface area contributed by atoms with Crippen LogP contribution in [0.15, 0.2) is 48.5 Å². The third-order valence-corrected chi connectivity index (χ3v) is 5.83. The molecule has 6 nitrogen and oxygen atoms in total. The Morgan fingerprint density at radius 2 is 1.67 bits per heavy atom. The predicted molar refractivity (Wildman–Crippen MR) is 109 cm³/mol. The summed E-state index contributed by atoms with van der Waals surface area (Å²) in [4.78, 5) is 42.1. The number of carbonyl (C=O) groups is 3. The highest BCUT2D eigenvalue weighted by Crippen LogP contribution is 2.33. The van der Waals surface area contributed by atoms with Gasteiger partial charge in [-0.15, -0.1) is 0 Å². The number of carbonyl (C=O) groups excluding carboxylic acids is 3. The summed E-state index contributed by atoms with van der Waals surface area (Å²) < 4.78 is 18.5. The van der Waals surface area contributed by atoms with E-state index >= 15 is 0 Å². The minimum atomic E-state index is -0.861. The van der Waals surface area contributed by atoms with Gasteiger partial charge in [0.2, 0.25) is 5.91 Å². The molecular weight excluding hydrogens is 387 g/mol. The highest BCUT2D eigenvalue weighted by atomic mass is 19.1. The maximum Gasteiger partial charge on any atom is 0.257 e. The molecule has 1 aliphatic carbocycles. The average Bonchev–Trinajstić information content (AvgIpc) is 3.38. The van der Waals surface area contributed by atoms with Gasteiger partial charge in [-0.2, -0.15) is 0 Å². The van der Waals surface area contributed by atoms with Crippen molar-refractivity contribution in [1.82, 2.24) is 4.90 Å². The monoisotopic (exact) mass is 410 g/mol. The van der Waals surface area contributed by atoms with Crippen LogP contribution in [0.4, 0.5) is 10.1 Å². The molecule has 1 saturated carbocycles. The van der Waals surface area contributed by atoms with Gasteiger partial charge in [-0.25, -0.2) is 9.29 Å². The number of anilines is 1. The van der Waals surface area contributed by atoms with Crippen molar-refractivity contribution in [3.05, 3.63) is 59.9 Å². The van der Waals surface area contributed by atoms with Gasteiger partial charge in [0.1, 0.15) is 17.6 Å². The number of benzene rings is 2. The molecule has 0 bridgehead atoms. The molecule has 0 spiro atoms. The lowest BCUT2D eigenvalue weighted by atomic mass is 10.1. The predicted octanol–water partition coefficient (Wildman–Crippen LogP) is 3.55. The highest BCUT2D eigenvalue weighted by molar-refractivity contribution is 6.23. The highest BCUT2D eigenvalue weighted by Gasteiger charge is 2.47. The number of hydrogen-bond acceptors (Lipinski definition) is 4. The van der Waals surface area contributed by atoms with E-state index in [2.05, 4.69) is 0 Å². The lowest BCUT2D eigenvalue weighted by Crippen LogP contribution is -2.50. The van der Waals surface area contributed by atoms with E-state index in [1.165, 1.54) is 31.4 Å². The molecule has 2 fully saturated rings. The van der Waals surface area contributed by atoms with Crippen molar-refractivity contribution in [1.29, 1.82) is 0 Å². The van der Waals surface area contributed by atoms with Crippen molar-refractivity contribution in [2.24, 2.45) is 0 Å². The summed E-state index contributed by atoms with van der Waals surface area (Å²) in [6.45, 7) is 0. The van der Waals surface area contributed by atoms with E-state index in [1.807, 2.05) is 0 Å². The molecule has 2 aromatic rings. The molecule has 1 unspecified atom stereocenters. The molecule has 3 amide bonds. The van der Waals surface area contributed by atoms with Gasteiger partial charge in [-0.1, -0.05) is 12.8 Å². The fourth-order valence-electron chi connectivity index (χ4n) is 4.32. The third kappa shape index (κ3) is 3.67. The minimum absolute atomic E-state index is 0.0612. The number of imide groups is 1. The normalized spacial score (nSPS) is 19.4. The Labute approximate surface area is 174 Å². The van der Waals surface area contributed by atoms with Crippen LogP contribution in [-0.2, 0) is 9.59 Å². The largest absolute Gasteiger partial charge is 0.497 e. The van der Waals surface area contributed by atoms with Crippen molar-refractivity contribution in [2.75, 3.05) is 12.0 Å². The Bertz CT molecular complexity index is 952. The zero-order chi connectivity index (χ0) is 21.3. The van der Waals surface area contributed by atoms with Gasteiger partial charge in [-0.3, -0.25) is 14.4 Å². The van der Waals surface area contributed by atoms with E-state index < -0.39 is 17.8 Å². The zero-order valence-electron chi connectivity index (χ0n) is 16.7. The Kier molecular flexibility index (Phi) is 5.53. The molecule has 156 valence electrons. The topological polar surface area (TPSA) is 66.9 Å². The van der Waals surface area contributed by atoms with Crippen molar-refractivity contribution in [2.45, 2.75) is 44.2 Å². The van der Waals surface area contributed by atoms with E-state index in [-0.39, 0.29) is 24.3 Å². The number of ether oxygens (including phenoxy) is 1. The van der Waals surface area contributed by atoms with Crippen molar-refractivity contribution >= 4 is 23.4 Å². The summed E-state index contributed by atoms with van der Waals surface area (Å²) in [5, 5.41) is 0. The molecule has 1 atom stereocenters. The van der Waals surface area contributed by atoms with E-state index in [0.29, 0.717) is 17.0 Å². The number of nitrogens with zero attached hydrogens (tertiary/aromatic N) is 2. The number of rotatable bonds is 5. The van der Waals surface area contributed by atoms with Crippen LogP contribution in [-0.4, -0.2) is 41.8 Å². The first kappa shape index (κ1) is 20.1. The smallest absolute Gasteiger partial charge is 0.257 e. The van der Waals surface area contributed by atoms with Gasteiger partial charge >= 0.3 is 0 Å². The van der Waals surface area contributed by atoms with E-state index in [1.54, 1.807) is 29.2 Å². The summed E-state index contributed by atoms with van der Waals surface area (Å²) in [5.74, 6) is -0.910. The Hall–Kier alpha value is -3.22. The SMILES string of the molecule is COc1ccc(N2C(=O)CC(N(C(=O)c3ccc(F)cc3)C3CCCC3)C2=O)cc1. The molecule has 7 heteroatoms. The van der Waals surface area contributed by atoms with Crippen LogP contribution in [0.3, 0.4) is 0 Å². The molecule has 1 saturated heterocycles. The van der Waals surface area contributed by atoms with Crippen molar-refractivity contribution < 1.29 is 23.5 Å². The standard InChI is InChI=1S/C23H23FN2O4/c1-30-19-12-10-18(11-13-19)26-21(27)14-20(23(26)29)25(17-4-2-3-5-17)22(28)15-6-8-16(24)9-7-15/h6-13,17,20H,2-5,14H2,1H3. The lowest BCUT2D eigenvalue weighted by Gasteiger charge is -2.33. The number of halogens is 1. The van der Waals surface area contributed by atoms with Crippen LogP contribution in [0.25, 0.3) is 0 Å². The maximum absolute atomic E-state index is 13.3. The molecule has 1 aliphatic heterocycles. The molecule has 4 rings (SSSR count). The van der Waals surface area contributed by atoms with Crippen molar-refractivity contribution in [3.63, 3.8) is 0 Å². The Morgan fingerprint density at radius 1 is 1.03 bits per heavy atom. The van der Waals surface area contributed by atoms with Crippen LogP contribution >= 0.6 is 0 Å². The average molecular weight is 410 g/mol. The van der Waals surface area contributed by atoms with E-state index in [4.69, 9.17) is 4.74 Å². The van der Waals surface area contributed by atoms with Crippen molar-refractivity contribution in [3.8, 4) is 5.75 Å². The second-order valence-electron chi connectivity index (χ2n) is 7.64. The van der Waals surface area contributed by atoms with E-state index in [0.717, 1.165) is 30.6 Å². The summed E-state index contributed by atoms with van der Waals surface area (Å²) in [6, 6.07) is 11.0. The summed E-state index contributed by atoms with van der Waals surface area (Å²) >= 11 is 0. The molecule has 0 aromatic heterocycles. The lowest BCUT2D eigenvalue weighted by molar-refractivity contribution is -0.123. The molecule has 1 heterocycles. The second-order valence-corrected chi connectivity index (χ2v) is 7.64. The molecule has 0 N–H and O–H groups in total. The Morgan fingerprint density at radius 3 is 2.27 bits per heavy atom. The molecule has 30 heavy (non-hydrogen) atoms. The summed E-state index contributed by atoms with van der Waals surface area (Å²) in [7, 11) is 1.54. The first-order chi connectivity index (χ1) is 14.5. The van der Waals surface area contributed by atoms with Crippen LogP contribution in [0.1, 0.15) is 42.5 Å². The van der Waals surface area contributed by atoms with Gasteiger partial charge in [0.15, 0.2) is 0 Å². The first-order valence-corrected chi connectivity index (χ1v) is 10.1.